The first-order valence-corrected chi connectivity index (χ1v) is 12.7. The van der Waals surface area contributed by atoms with Crippen LogP contribution in [0.2, 0.25) is 0 Å². The molecule has 1 unspecified atom stereocenters. The second kappa shape index (κ2) is 12.1. The maximum absolute atomic E-state index is 13.3. The molecule has 2 heterocycles. The van der Waals surface area contributed by atoms with E-state index in [1.807, 2.05) is 6.92 Å². The van der Waals surface area contributed by atoms with Gasteiger partial charge < -0.3 is 29.3 Å². The van der Waals surface area contributed by atoms with Gasteiger partial charge in [0.25, 0.3) is 11.7 Å². The lowest BCUT2D eigenvalue weighted by Crippen LogP contribution is -2.38. The van der Waals surface area contributed by atoms with Gasteiger partial charge in [-0.25, -0.2) is 0 Å². The van der Waals surface area contributed by atoms with Crippen LogP contribution in [0.3, 0.4) is 0 Å². The number of phenols is 1. The second-order valence-corrected chi connectivity index (χ2v) is 8.92. The van der Waals surface area contributed by atoms with Crippen LogP contribution in [-0.4, -0.2) is 84.3 Å². The number of aromatic hydroxyl groups is 1. The number of carbonyl (C=O) groups is 2. The van der Waals surface area contributed by atoms with E-state index in [1.54, 1.807) is 43.3 Å². The van der Waals surface area contributed by atoms with Gasteiger partial charge in [-0.2, -0.15) is 0 Å². The van der Waals surface area contributed by atoms with Crippen molar-refractivity contribution in [3.05, 3.63) is 59.2 Å². The molecule has 2 aliphatic rings. The molecule has 0 radical (unpaired) electrons. The largest absolute Gasteiger partial charge is 0.507 e. The summed E-state index contributed by atoms with van der Waals surface area (Å²) in [7, 11) is 0. The average Bonchev–Trinajstić information content (AvgIpc) is 3.16. The van der Waals surface area contributed by atoms with Crippen LogP contribution in [0.4, 0.5) is 0 Å². The van der Waals surface area contributed by atoms with Crippen molar-refractivity contribution < 1.29 is 34.0 Å². The predicted octanol–water partition coefficient (Wildman–Crippen LogP) is 3.33. The number of aliphatic hydroxyl groups excluding tert-OH is 1. The molecule has 2 saturated heterocycles. The first-order chi connectivity index (χ1) is 17.9. The Hall–Kier alpha value is -3.56. The van der Waals surface area contributed by atoms with Crippen molar-refractivity contribution in [1.82, 2.24) is 9.80 Å². The van der Waals surface area contributed by atoms with Crippen LogP contribution >= 0.6 is 0 Å². The molecule has 2 aromatic carbocycles. The first-order valence-electron chi connectivity index (χ1n) is 12.7. The highest BCUT2D eigenvalue weighted by Crippen LogP contribution is 2.42. The zero-order valence-electron chi connectivity index (χ0n) is 21.3. The third-order valence-electron chi connectivity index (χ3n) is 6.53. The van der Waals surface area contributed by atoms with E-state index < -0.39 is 17.7 Å². The van der Waals surface area contributed by atoms with Crippen LogP contribution in [0, 0.1) is 0 Å². The van der Waals surface area contributed by atoms with E-state index in [1.165, 1.54) is 11.0 Å². The molecule has 2 aromatic rings. The number of rotatable bonds is 10. The number of morpholine rings is 1. The van der Waals surface area contributed by atoms with Crippen molar-refractivity contribution in [2.24, 2.45) is 0 Å². The average molecular weight is 511 g/mol. The lowest BCUT2D eigenvalue weighted by atomic mass is 9.95. The minimum atomic E-state index is -0.833. The number of amides is 1. The number of aliphatic hydroxyl groups is 1. The summed E-state index contributed by atoms with van der Waals surface area (Å²) in [5.74, 6) is -0.934. The fourth-order valence-corrected chi connectivity index (χ4v) is 4.77. The smallest absolute Gasteiger partial charge is 0.295 e. The number of phenolic OH excluding ortho intramolecular Hbond substituents is 1. The van der Waals surface area contributed by atoms with Crippen molar-refractivity contribution in [1.29, 1.82) is 0 Å². The topological polar surface area (TPSA) is 109 Å². The van der Waals surface area contributed by atoms with Gasteiger partial charge in [-0.05, 0) is 50.1 Å². The summed E-state index contributed by atoms with van der Waals surface area (Å²) in [5, 5.41) is 21.6. The molecule has 1 amide bonds. The highest BCUT2D eigenvalue weighted by molar-refractivity contribution is 6.46. The molecule has 2 fully saturated rings. The highest BCUT2D eigenvalue weighted by Gasteiger charge is 2.46. The van der Waals surface area contributed by atoms with Gasteiger partial charge in [-0.3, -0.25) is 14.5 Å². The van der Waals surface area contributed by atoms with Crippen LogP contribution in [0.15, 0.2) is 48.0 Å². The van der Waals surface area contributed by atoms with Gasteiger partial charge in [-0.1, -0.05) is 18.2 Å². The quantitative estimate of drug-likeness (QED) is 0.285. The fourth-order valence-electron chi connectivity index (χ4n) is 4.77. The Kier molecular flexibility index (Phi) is 8.68. The number of benzene rings is 2. The van der Waals surface area contributed by atoms with Gasteiger partial charge in [0.05, 0.1) is 38.0 Å². The van der Waals surface area contributed by atoms with Gasteiger partial charge in [0.15, 0.2) is 11.5 Å². The summed E-state index contributed by atoms with van der Waals surface area (Å²) in [6, 6.07) is 10.7. The summed E-state index contributed by atoms with van der Waals surface area (Å²) in [5.41, 5.74) is 0.943. The molecule has 0 spiro atoms. The van der Waals surface area contributed by atoms with Crippen LogP contribution in [-0.2, 0) is 14.3 Å². The Bertz CT molecular complexity index is 1160. The number of nitrogens with zero attached hydrogens (tertiary/aromatic N) is 2. The maximum atomic E-state index is 13.3. The van der Waals surface area contributed by atoms with Crippen LogP contribution in [0.25, 0.3) is 5.76 Å². The molecule has 1 atom stereocenters. The van der Waals surface area contributed by atoms with Crippen LogP contribution < -0.4 is 9.47 Å². The van der Waals surface area contributed by atoms with Gasteiger partial charge in [0, 0.05) is 31.7 Å². The summed E-state index contributed by atoms with van der Waals surface area (Å²) in [6.45, 7) is 8.54. The van der Waals surface area contributed by atoms with E-state index in [0.29, 0.717) is 56.3 Å². The molecule has 9 nitrogen and oxygen atoms in total. The Morgan fingerprint density at radius 2 is 1.78 bits per heavy atom. The van der Waals surface area contributed by atoms with E-state index >= 15 is 0 Å². The minimum absolute atomic E-state index is 0.00170. The highest BCUT2D eigenvalue weighted by atomic mass is 16.5. The molecule has 0 aliphatic carbocycles. The summed E-state index contributed by atoms with van der Waals surface area (Å²) in [6.07, 6.45) is 0.653. The Morgan fingerprint density at radius 3 is 2.51 bits per heavy atom. The third-order valence-corrected chi connectivity index (χ3v) is 6.53. The van der Waals surface area contributed by atoms with E-state index in [-0.39, 0.29) is 22.8 Å². The zero-order valence-corrected chi connectivity index (χ0v) is 21.3. The first kappa shape index (κ1) is 26.5. The lowest BCUT2D eigenvalue weighted by Gasteiger charge is -2.29. The molecular weight excluding hydrogens is 476 g/mol. The monoisotopic (exact) mass is 510 g/mol. The zero-order chi connectivity index (χ0) is 26.4. The molecule has 0 aromatic heterocycles. The van der Waals surface area contributed by atoms with Gasteiger partial charge in [0.1, 0.15) is 11.5 Å². The molecule has 0 saturated carbocycles. The summed E-state index contributed by atoms with van der Waals surface area (Å²) >= 11 is 0. The predicted molar refractivity (Wildman–Crippen MR) is 138 cm³/mol. The molecule has 198 valence electrons. The molecule has 37 heavy (non-hydrogen) atoms. The number of ether oxygens (including phenoxy) is 3. The lowest BCUT2D eigenvalue weighted by molar-refractivity contribution is -0.140. The molecule has 9 heteroatoms. The number of likely N-dealkylation sites (tertiary alicyclic amines) is 1. The summed E-state index contributed by atoms with van der Waals surface area (Å²) in [4.78, 5) is 30.3. The molecule has 2 aliphatic heterocycles. The van der Waals surface area contributed by atoms with Crippen molar-refractivity contribution >= 4 is 17.4 Å². The maximum Gasteiger partial charge on any atom is 0.295 e. The number of hydrogen-bond donors (Lipinski definition) is 2. The number of carbonyl (C=O) groups excluding carboxylic acids is 2. The van der Waals surface area contributed by atoms with Crippen molar-refractivity contribution in [2.45, 2.75) is 26.3 Å². The third kappa shape index (κ3) is 5.89. The van der Waals surface area contributed by atoms with Gasteiger partial charge in [-0.15, -0.1) is 0 Å². The number of ketones is 1. The van der Waals surface area contributed by atoms with E-state index in [9.17, 15) is 19.8 Å². The molecule has 2 N–H and O–H groups in total. The van der Waals surface area contributed by atoms with Crippen molar-refractivity contribution in [3.8, 4) is 17.2 Å². The minimum Gasteiger partial charge on any atom is -0.507 e. The SMILES string of the molecule is CCOc1cccc(/C(O)=C2\C(=O)C(=O)N(CCCN3CCOCC3)C2c2ccc(O)c(OCC)c2)c1. The standard InChI is InChI=1S/C28H34N2O7/c1-3-36-21-8-5-7-20(17-21)26(32)24-25(19-9-10-22(31)23(18-19)37-4-2)30(28(34)27(24)33)12-6-11-29-13-15-35-16-14-29/h5,7-10,17-18,25,31-32H,3-4,6,11-16H2,1-2H3/b26-24+. The second-order valence-electron chi connectivity index (χ2n) is 8.92. The van der Waals surface area contributed by atoms with E-state index in [2.05, 4.69) is 4.90 Å². The van der Waals surface area contributed by atoms with Crippen molar-refractivity contribution in [2.75, 3.05) is 52.6 Å². The number of hydrogen-bond acceptors (Lipinski definition) is 8. The Balaban J connectivity index is 1.72. The number of Topliss-reactive ketones (excluding diaryl/α,β-unsaturated/α-hetero) is 1. The molecular formula is C28H34N2O7. The molecule has 0 bridgehead atoms. The molecule has 4 rings (SSSR count). The van der Waals surface area contributed by atoms with Crippen LogP contribution in [0.5, 0.6) is 17.2 Å². The Labute approximate surface area is 216 Å². The fraction of sp³-hybridized carbons (Fsp3) is 0.429. The van der Waals surface area contributed by atoms with E-state index in [0.717, 1.165) is 19.6 Å². The normalized spacial score (nSPS) is 19.8. The Morgan fingerprint density at radius 1 is 1.03 bits per heavy atom. The van der Waals surface area contributed by atoms with Gasteiger partial charge in [0.2, 0.25) is 0 Å². The van der Waals surface area contributed by atoms with Crippen LogP contribution in [0.1, 0.15) is 37.4 Å². The van der Waals surface area contributed by atoms with Crippen molar-refractivity contribution in [3.63, 3.8) is 0 Å². The van der Waals surface area contributed by atoms with Gasteiger partial charge >= 0.3 is 0 Å². The summed E-state index contributed by atoms with van der Waals surface area (Å²) < 4.78 is 16.5. The van der Waals surface area contributed by atoms with E-state index in [4.69, 9.17) is 14.2 Å².